The van der Waals surface area contributed by atoms with E-state index in [1.165, 1.54) is 19.3 Å². The number of nitrogens with one attached hydrogen (secondary N) is 2. The van der Waals surface area contributed by atoms with Crippen LogP contribution in [0.4, 0.5) is 0 Å². The van der Waals surface area contributed by atoms with Gasteiger partial charge in [-0.3, -0.25) is 4.99 Å². The number of aliphatic imine (C=N–C) groups is 1. The molecule has 0 fully saturated rings. The molecule has 0 aliphatic carbocycles. The summed E-state index contributed by atoms with van der Waals surface area (Å²) in [7, 11) is 1.78. The van der Waals surface area contributed by atoms with Gasteiger partial charge in [0.1, 0.15) is 5.82 Å². The van der Waals surface area contributed by atoms with Crippen molar-refractivity contribution in [2.24, 2.45) is 4.99 Å². The van der Waals surface area contributed by atoms with Gasteiger partial charge in [-0.05, 0) is 25.7 Å². The van der Waals surface area contributed by atoms with Gasteiger partial charge in [0.25, 0.3) is 0 Å². The molecule has 2 heterocycles. The summed E-state index contributed by atoms with van der Waals surface area (Å²) in [5.41, 5.74) is 0. The van der Waals surface area contributed by atoms with Crippen molar-refractivity contribution in [3.63, 3.8) is 0 Å². The van der Waals surface area contributed by atoms with Gasteiger partial charge in [-0.1, -0.05) is 13.3 Å². The largest absolute Gasteiger partial charge is 0.381 e. The molecule has 7 nitrogen and oxygen atoms in total. The Bertz CT molecular complexity index is 491. The van der Waals surface area contributed by atoms with Crippen molar-refractivity contribution in [2.75, 3.05) is 26.8 Å². The lowest BCUT2D eigenvalue weighted by Gasteiger charge is -2.16. The first kappa shape index (κ1) is 21.1. The molecule has 2 N–H and O–H groups in total. The Morgan fingerprint density at radius 3 is 2.83 bits per heavy atom. The molecule has 0 aromatic carbocycles. The summed E-state index contributed by atoms with van der Waals surface area (Å²) in [5, 5.41) is 15.2. The fourth-order valence-electron chi connectivity index (χ4n) is 2.61. The first-order chi connectivity index (χ1) is 11.3. The monoisotopic (exact) mass is 450 g/mol. The van der Waals surface area contributed by atoms with Crippen LogP contribution in [0.3, 0.4) is 0 Å². The Balaban J connectivity index is 0.00000288. The maximum atomic E-state index is 5.55. The van der Waals surface area contributed by atoms with Gasteiger partial charge in [-0.15, -0.1) is 34.2 Å². The van der Waals surface area contributed by atoms with Crippen molar-refractivity contribution < 1.29 is 4.74 Å². The fourth-order valence-corrected chi connectivity index (χ4v) is 2.61. The second-order valence-corrected chi connectivity index (χ2v) is 5.81. The van der Waals surface area contributed by atoms with Gasteiger partial charge >= 0.3 is 0 Å². The number of aromatic nitrogens is 3. The first-order valence-electron chi connectivity index (χ1n) is 8.78. The molecule has 1 aliphatic rings. The number of hydrogen-bond acceptors (Lipinski definition) is 4. The molecule has 0 spiro atoms. The van der Waals surface area contributed by atoms with E-state index >= 15 is 0 Å². The quantitative estimate of drug-likeness (QED) is 0.261. The summed E-state index contributed by atoms with van der Waals surface area (Å²) in [6.45, 7) is 6.36. The third-order valence-electron chi connectivity index (χ3n) is 3.97. The van der Waals surface area contributed by atoms with Crippen LogP contribution in [0.15, 0.2) is 4.99 Å². The molecule has 0 atom stereocenters. The van der Waals surface area contributed by atoms with Crippen molar-refractivity contribution in [1.29, 1.82) is 0 Å². The molecule has 0 unspecified atom stereocenters. The second-order valence-electron chi connectivity index (χ2n) is 5.81. The van der Waals surface area contributed by atoms with E-state index in [-0.39, 0.29) is 24.0 Å². The Hall–Kier alpha value is -0.900. The Morgan fingerprint density at radius 2 is 2.04 bits per heavy atom. The van der Waals surface area contributed by atoms with E-state index in [1.807, 2.05) is 0 Å². The van der Waals surface area contributed by atoms with Gasteiger partial charge < -0.3 is 19.9 Å². The maximum Gasteiger partial charge on any atom is 0.191 e. The van der Waals surface area contributed by atoms with Crippen LogP contribution in [0.1, 0.15) is 50.7 Å². The van der Waals surface area contributed by atoms with E-state index in [0.717, 1.165) is 63.2 Å². The molecule has 138 valence electrons. The lowest BCUT2D eigenvalue weighted by molar-refractivity contribution is 0.129. The van der Waals surface area contributed by atoms with Crippen molar-refractivity contribution in [3.05, 3.63) is 11.6 Å². The second kappa shape index (κ2) is 12.5. The number of rotatable bonds is 9. The van der Waals surface area contributed by atoms with Crippen molar-refractivity contribution in [1.82, 2.24) is 25.4 Å². The molecule has 2 rings (SSSR count). The van der Waals surface area contributed by atoms with E-state index in [2.05, 4.69) is 37.3 Å². The summed E-state index contributed by atoms with van der Waals surface area (Å²) in [5.74, 6) is 2.90. The van der Waals surface area contributed by atoms with Crippen LogP contribution in [0.25, 0.3) is 0 Å². The van der Waals surface area contributed by atoms with Crippen LogP contribution in [-0.2, 0) is 24.2 Å². The molecule has 1 aromatic heterocycles. The Labute approximate surface area is 162 Å². The van der Waals surface area contributed by atoms with Crippen molar-refractivity contribution >= 4 is 29.9 Å². The average molecular weight is 450 g/mol. The van der Waals surface area contributed by atoms with Crippen LogP contribution in [0.2, 0.25) is 0 Å². The summed E-state index contributed by atoms with van der Waals surface area (Å²) in [6.07, 6.45) is 6.77. The van der Waals surface area contributed by atoms with Gasteiger partial charge in [0.15, 0.2) is 11.8 Å². The van der Waals surface area contributed by atoms with Crippen molar-refractivity contribution in [3.8, 4) is 0 Å². The summed E-state index contributed by atoms with van der Waals surface area (Å²) in [4.78, 5) is 4.24. The predicted molar refractivity (Wildman–Crippen MR) is 107 cm³/mol. The average Bonchev–Trinajstić information content (AvgIpc) is 3.00. The molecule has 8 heteroatoms. The zero-order chi connectivity index (χ0) is 16.3. The van der Waals surface area contributed by atoms with Crippen LogP contribution in [0.5, 0.6) is 0 Å². The number of guanidine groups is 1. The molecule has 24 heavy (non-hydrogen) atoms. The fraction of sp³-hybridized carbons (Fsp3) is 0.812. The maximum absolute atomic E-state index is 5.55. The highest BCUT2D eigenvalue weighted by Gasteiger charge is 2.15. The van der Waals surface area contributed by atoms with E-state index in [4.69, 9.17) is 4.74 Å². The molecule has 0 saturated heterocycles. The van der Waals surface area contributed by atoms with Crippen LogP contribution < -0.4 is 10.6 Å². The van der Waals surface area contributed by atoms with Gasteiger partial charge in [0.2, 0.25) is 0 Å². The van der Waals surface area contributed by atoms with Crippen LogP contribution >= 0.6 is 24.0 Å². The third kappa shape index (κ3) is 6.92. The summed E-state index contributed by atoms with van der Waals surface area (Å²) < 4.78 is 7.78. The number of fused-ring (bicyclic) bond motifs is 1. The minimum absolute atomic E-state index is 0. The molecule has 0 bridgehead atoms. The highest BCUT2D eigenvalue weighted by molar-refractivity contribution is 14.0. The summed E-state index contributed by atoms with van der Waals surface area (Å²) >= 11 is 0. The topological polar surface area (TPSA) is 76.4 Å². The number of nitrogens with zero attached hydrogens (tertiary/aromatic N) is 4. The van der Waals surface area contributed by atoms with Gasteiger partial charge in [0.05, 0.1) is 6.54 Å². The van der Waals surface area contributed by atoms with Crippen LogP contribution in [-0.4, -0.2) is 47.5 Å². The lowest BCUT2D eigenvalue weighted by atomic mass is 10.2. The predicted octanol–water partition coefficient (Wildman–Crippen LogP) is 2.10. The number of aryl methyl sites for hydroxylation is 1. The standard InChI is InChI=1S/C16H30N6O.HI/c1-3-4-11-23-12-7-9-18-16(17-2)19-13-15-21-20-14-8-5-6-10-22(14)15;/h3-13H2,1-2H3,(H2,17,18,19);1H. The number of ether oxygens (including phenoxy) is 1. The molecule has 1 aliphatic heterocycles. The van der Waals surface area contributed by atoms with E-state index in [1.54, 1.807) is 7.05 Å². The highest BCUT2D eigenvalue weighted by Crippen LogP contribution is 2.13. The summed E-state index contributed by atoms with van der Waals surface area (Å²) in [6, 6.07) is 0. The molecule has 0 saturated carbocycles. The van der Waals surface area contributed by atoms with Gasteiger partial charge in [-0.2, -0.15) is 0 Å². The molecule has 0 amide bonds. The van der Waals surface area contributed by atoms with Crippen molar-refractivity contribution in [2.45, 2.75) is 58.5 Å². The Morgan fingerprint density at radius 1 is 1.21 bits per heavy atom. The molecule has 0 radical (unpaired) electrons. The molecule has 1 aromatic rings. The van der Waals surface area contributed by atoms with Crippen LogP contribution in [0, 0.1) is 0 Å². The van der Waals surface area contributed by atoms with Gasteiger partial charge in [0, 0.05) is 39.8 Å². The highest BCUT2D eigenvalue weighted by atomic mass is 127. The SMILES string of the molecule is CCCCOCCCNC(=NC)NCc1nnc2n1CCCC2.I. The first-order valence-corrected chi connectivity index (χ1v) is 8.78. The number of hydrogen-bond donors (Lipinski definition) is 2. The zero-order valence-corrected chi connectivity index (χ0v) is 17.2. The Kier molecular flexibility index (Phi) is 11.0. The van der Waals surface area contributed by atoms with E-state index < -0.39 is 0 Å². The van der Waals surface area contributed by atoms with E-state index in [9.17, 15) is 0 Å². The van der Waals surface area contributed by atoms with E-state index in [0.29, 0.717) is 6.54 Å². The molecular weight excluding hydrogens is 419 g/mol. The third-order valence-corrected chi connectivity index (χ3v) is 3.97. The minimum atomic E-state index is 0. The van der Waals surface area contributed by atoms with Gasteiger partial charge in [-0.25, -0.2) is 0 Å². The zero-order valence-electron chi connectivity index (χ0n) is 14.9. The number of halogens is 1. The molecular formula is C16H31IN6O. The minimum Gasteiger partial charge on any atom is -0.381 e. The normalized spacial score (nSPS) is 14.0. The lowest BCUT2D eigenvalue weighted by Crippen LogP contribution is -2.38. The smallest absolute Gasteiger partial charge is 0.191 e. The number of unbranched alkanes of at least 4 members (excludes halogenated alkanes) is 1.